The lowest BCUT2D eigenvalue weighted by Gasteiger charge is -2.32. The van der Waals surface area contributed by atoms with E-state index >= 15 is 0 Å². The Morgan fingerprint density at radius 2 is 2.00 bits per heavy atom. The number of hydrogen-bond donors (Lipinski definition) is 0. The number of para-hydroxylation sites is 1. The Morgan fingerprint density at radius 3 is 2.78 bits per heavy atom. The van der Waals surface area contributed by atoms with Crippen LogP contribution in [0.4, 0.5) is 5.82 Å². The van der Waals surface area contributed by atoms with E-state index in [1.54, 1.807) is 7.11 Å². The van der Waals surface area contributed by atoms with E-state index in [0.29, 0.717) is 6.54 Å². The van der Waals surface area contributed by atoms with Crippen molar-refractivity contribution in [3.05, 3.63) is 46.9 Å². The quantitative estimate of drug-likeness (QED) is 0.664. The molecule has 7 nitrogen and oxygen atoms in total. The molecule has 0 spiro atoms. The topological polar surface area (TPSA) is 61.8 Å². The fourth-order valence-electron chi connectivity index (χ4n) is 4.94. The molecule has 1 atom stereocenters. The first-order chi connectivity index (χ1) is 15.5. The summed E-state index contributed by atoms with van der Waals surface area (Å²) >= 11 is 0. The zero-order chi connectivity index (χ0) is 22.7. The number of rotatable bonds is 7. The second-order valence-electron chi connectivity index (χ2n) is 9.10. The van der Waals surface area contributed by atoms with Crippen LogP contribution in [0, 0.1) is 6.92 Å². The number of carbonyl (C=O) groups is 1. The fourth-order valence-corrected chi connectivity index (χ4v) is 4.94. The summed E-state index contributed by atoms with van der Waals surface area (Å²) in [7, 11) is 5.59. The molecule has 1 fully saturated rings. The summed E-state index contributed by atoms with van der Waals surface area (Å²) in [6.07, 6.45) is 4.96. The third-order valence-electron chi connectivity index (χ3n) is 6.53. The smallest absolute Gasteiger partial charge is 0.237 e. The van der Waals surface area contributed by atoms with E-state index in [0.717, 1.165) is 74.8 Å². The number of ether oxygens (including phenoxy) is 1. The molecule has 0 N–H and O–H groups in total. The molecule has 2 aliphatic heterocycles. The van der Waals surface area contributed by atoms with Crippen LogP contribution >= 0.6 is 0 Å². The monoisotopic (exact) mass is 437 g/mol. The minimum absolute atomic E-state index is 0.0237. The van der Waals surface area contributed by atoms with Gasteiger partial charge in [-0.05, 0) is 64.8 Å². The van der Waals surface area contributed by atoms with Crippen LogP contribution in [0.2, 0.25) is 0 Å². The Labute approximate surface area is 191 Å². The number of fused-ring (bicyclic) bond motifs is 1. The highest BCUT2D eigenvalue weighted by molar-refractivity contribution is 5.79. The van der Waals surface area contributed by atoms with Crippen LogP contribution in [-0.4, -0.2) is 73.1 Å². The molecule has 0 bridgehead atoms. The first-order valence-corrected chi connectivity index (χ1v) is 11.7. The molecule has 0 aliphatic carbocycles. The molecule has 1 unspecified atom stereocenters. The second kappa shape index (κ2) is 9.86. The number of nitrogens with zero attached hydrogens (tertiary/aromatic N) is 5. The third-order valence-corrected chi connectivity index (χ3v) is 6.53. The normalized spacial score (nSPS) is 18.2. The molecule has 3 heterocycles. The van der Waals surface area contributed by atoms with Crippen molar-refractivity contribution in [2.45, 2.75) is 45.1 Å². The SMILES string of the molecule is COc1ccccc1CCN1CCCc2c(C)nc(C3CCCN3C(=O)CN(C)C)nc21. The number of carbonyl (C=O) groups excluding carboxylic acids is 1. The summed E-state index contributed by atoms with van der Waals surface area (Å²) in [6.45, 7) is 5.18. The standard InChI is InChI=1S/C25H35N5O2/c1-18-20-10-7-14-29(16-13-19-9-5-6-12-22(19)32-4)25(20)27-24(26-18)21-11-8-15-30(21)23(31)17-28(2)3/h5-6,9,12,21H,7-8,10-11,13-17H2,1-4H3. The highest BCUT2D eigenvalue weighted by atomic mass is 16.5. The van der Waals surface area contributed by atoms with Crippen LogP contribution in [0.15, 0.2) is 24.3 Å². The molecular weight excluding hydrogens is 402 g/mol. The van der Waals surface area contributed by atoms with E-state index in [9.17, 15) is 4.79 Å². The van der Waals surface area contributed by atoms with Crippen LogP contribution in [-0.2, 0) is 17.6 Å². The number of aryl methyl sites for hydroxylation is 1. The zero-order valence-electron chi connectivity index (χ0n) is 19.8. The third kappa shape index (κ3) is 4.72. The number of benzene rings is 1. The molecule has 32 heavy (non-hydrogen) atoms. The molecule has 1 saturated heterocycles. The van der Waals surface area contributed by atoms with Crippen molar-refractivity contribution in [2.24, 2.45) is 0 Å². The van der Waals surface area contributed by atoms with Gasteiger partial charge in [0.15, 0.2) is 5.82 Å². The number of likely N-dealkylation sites (tertiary alicyclic amines) is 1. The number of anilines is 1. The summed E-state index contributed by atoms with van der Waals surface area (Å²) < 4.78 is 5.54. The minimum atomic E-state index is -0.0237. The van der Waals surface area contributed by atoms with Gasteiger partial charge in [-0.25, -0.2) is 9.97 Å². The van der Waals surface area contributed by atoms with Crippen molar-refractivity contribution < 1.29 is 9.53 Å². The van der Waals surface area contributed by atoms with Crippen molar-refractivity contribution in [1.82, 2.24) is 19.8 Å². The van der Waals surface area contributed by atoms with E-state index in [-0.39, 0.29) is 11.9 Å². The number of amides is 1. The van der Waals surface area contributed by atoms with Crippen molar-refractivity contribution in [3.63, 3.8) is 0 Å². The average molecular weight is 438 g/mol. The Hall–Kier alpha value is -2.67. The molecule has 7 heteroatoms. The van der Waals surface area contributed by atoms with Gasteiger partial charge in [-0.3, -0.25) is 4.79 Å². The van der Waals surface area contributed by atoms with Crippen LogP contribution in [0.1, 0.15) is 47.9 Å². The summed E-state index contributed by atoms with van der Waals surface area (Å²) in [4.78, 5) is 29.1. The summed E-state index contributed by atoms with van der Waals surface area (Å²) in [5.74, 6) is 2.95. The maximum Gasteiger partial charge on any atom is 0.237 e. The average Bonchev–Trinajstić information content (AvgIpc) is 3.27. The number of methoxy groups -OCH3 is 1. The predicted octanol–water partition coefficient (Wildman–Crippen LogP) is 3.01. The molecule has 2 aromatic rings. The number of hydrogen-bond acceptors (Lipinski definition) is 6. The van der Waals surface area contributed by atoms with Gasteiger partial charge in [0.25, 0.3) is 0 Å². The van der Waals surface area contributed by atoms with E-state index in [1.165, 1.54) is 11.1 Å². The van der Waals surface area contributed by atoms with Crippen molar-refractivity contribution >= 4 is 11.7 Å². The van der Waals surface area contributed by atoms with Gasteiger partial charge in [0.2, 0.25) is 5.91 Å². The van der Waals surface area contributed by atoms with Gasteiger partial charge >= 0.3 is 0 Å². The Morgan fingerprint density at radius 1 is 1.19 bits per heavy atom. The molecule has 1 aromatic heterocycles. The van der Waals surface area contributed by atoms with E-state index < -0.39 is 0 Å². The first-order valence-electron chi connectivity index (χ1n) is 11.7. The first kappa shape index (κ1) is 22.5. The highest BCUT2D eigenvalue weighted by Crippen LogP contribution is 2.34. The maximum absolute atomic E-state index is 12.8. The Kier molecular flexibility index (Phi) is 6.94. The molecule has 2 aliphatic rings. The van der Waals surface area contributed by atoms with Crippen LogP contribution in [0.25, 0.3) is 0 Å². The number of likely N-dealkylation sites (N-methyl/N-ethyl adjacent to an activating group) is 1. The lowest BCUT2D eigenvalue weighted by Crippen LogP contribution is -2.38. The van der Waals surface area contributed by atoms with Gasteiger partial charge in [-0.1, -0.05) is 18.2 Å². The van der Waals surface area contributed by atoms with Crippen molar-refractivity contribution in [1.29, 1.82) is 0 Å². The van der Waals surface area contributed by atoms with E-state index in [1.807, 2.05) is 36.0 Å². The summed E-state index contributed by atoms with van der Waals surface area (Å²) in [6, 6.07) is 8.19. The zero-order valence-corrected chi connectivity index (χ0v) is 19.8. The van der Waals surface area contributed by atoms with Gasteiger partial charge in [0.1, 0.15) is 11.6 Å². The van der Waals surface area contributed by atoms with Crippen LogP contribution in [0.5, 0.6) is 5.75 Å². The molecule has 172 valence electrons. The maximum atomic E-state index is 12.8. The van der Waals surface area contributed by atoms with Gasteiger partial charge in [-0.2, -0.15) is 0 Å². The highest BCUT2D eigenvalue weighted by Gasteiger charge is 2.33. The van der Waals surface area contributed by atoms with Gasteiger partial charge in [0, 0.05) is 30.9 Å². The van der Waals surface area contributed by atoms with E-state index in [4.69, 9.17) is 14.7 Å². The molecule has 1 amide bonds. The lowest BCUT2D eigenvalue weighted by atomic mass is 10.0. The second-order valence-corrected chi connectivity index (χ2v) is 9.10. The molecule has 0 radical (unpaired) electrons. The van der Waals surface area contributed by atoms with Crippen LogP contribution < -0.4 is 9.64 Å². The lowest BCUT2D eigenvalue weighted by molar-refractivity contribution is -0.132. The van der Waals surface area contributed by atoms with Crippen molar-refractivity contribution in [3.8, 4) is 5.75 Å². The summed E-state index contributed by atoms with van der Waals surface area (Å²) in [5, 5.41) is 0. The predicted molar refractivity (Wildman–Crippen MR) is 126 cm³/mol. The molecule has 0 saturated carbocycles. The molecule has 1 aromatic carbocycles. The summed E-state index contributed by atoms with van der Waals surface area (Å²) in [5.41, 5.74) is 3.52. The molecule has 4 rings (SSSR count). The minimum Gasteiger partial charge on any atom is -0.496 e. The Bertz CT molecular complexity index is 961. The number of aromatic nitrogens is 2. The van der Waals surface area contributed by atoms with Gasteiger partial charge < -0.3 is 19.4 Å². The fraction of sp³-hybridized carbons (Fsp3) is 0.560. The Balaban J connectivity index is 1.58. The largest absolute Gasteiger partial charge is 0.496 e. The molecular formula is C25H35N5O2. The van der Waals surface area contributed by atoms with Gasteiger partial charge in [-0.15, -0.1) is 0 Å². The van der Waals surface area contributed by atoms with Crippen molar-refractivity contribution in [2.75, 3.05) is 52.3 Å². The van der Waals surface area contributed by atoms with Crippen LogP contribution in [0.3, 0.4) is 0 Å². The van der Waals surface area contributed by atoms with E-state index in [2.05, 4.69) is 24.0 Å². The van der Waals surface area contributed by atoms with Gasteiger partial charge in [0.05, 0.1) is 19.7 Å².